The molecule has 0 aliphatic heterocycles. The van der Waals surface area contributed by atoms with E-state index in [2.05, 4.69) is 31.7 Å². The second-order valence-electron chi connectivity index (χ2n) is 5.69. The zero-order valence-electron chi connectivity index (χ0n) is 18.0. The maximum atomic E-state index is 12.3. The number of nitrogens with zero attached hydrogens (tertiary/aromatic N) is 3. The number of nitro groups is 1. The summed E-state index contributed by atoms with van der Waals surface area (Å²) in [5.41, 5.74) is 2.11. The highest BCUT2D eigenvalue weighted by molar-refractivity contribution is 9.11. The Morgan fingerprint density at radius 3 is 2.39 bits per heavy atom. The molecule has 0 aliphatic carbocycles. The van der Waals surface area contributed by atoms with Gasteiger partial charge in [0, 0.05) is 47.3 Å². The van der Waals surface area contributed by atoms with E-state index in [9.17, 15) is 14.9 Å². The summed E-state index contributed by atoms with van der Waals surface area (Å²) in [6, 6.07) is 10.3. The summed E-state index contributed by atoms with van der Waals surface area (Å²) < 4.78 is 5.42. The molecule has 0 saturated heterocycles. The number of hydrogen-bond donors (Lipinski definition) is 2. The molecule has 0 aromatic heterocycles. The minimum Gasteiger partial charge on any atom is -0.496 e. The van der Waals surface area contributed by atoms with Crippen LogP contribution < -0.4 is 15.4 Å². The van der Waals surface area contributed by atoms with Crippen LogP contribution in [0.25, 0.3) is 5.70 Å². The van der Waals surface area contributed by atoms with Crippen LogP contribution in [0.2, 0.25) is 0 Å². The molecule has 2 aromatic rings. The Balaban J connectivity index is 0.00000233. The van der Waals surface area contributed by atoms with Gasteiger partial charge in [0.1, 0.15) is 5.75 Å². The van der Waals surface area contributed by atoms with Gasteiger partial charge in [0.15, 0.2) is 0 Å². The number of amides is 2. The van der Waals surface area contributed by atoms with E-state index in [0.29, 0.717) is 28.4 Å². The summed E-state index contributed by atoms with van der Waals surface area (Å²) in [4.78, 5) is 24.4. The van der Waals surface area contributed by atoms with Crippen molar-refractivity contribution in [3.8, 4) is 5.75 Å². The van der Waals surface area contributed by atoms with Crippen LogP contribution >= 0.6 is 15.9 Å². The molecule has 0 aliphatic rings. The van der Waals surface area contributed by atoms with Gasteiger partial charge in [0.25, 0.3) is 5.69 Å². The Labute approximate surface area is 190 Å². The first kappa shape index (κ1) is 25.6. The second-order valence-corrected chi connectivity index (χ2v) is 6.15. The molecule has 2 N–H and O–H groups in total. The molecule has 10 heteroatoms. The lowest BCUT2D eigenvalue weighted by molar-refractivity contribution is -0.384. The number of rotatable bonds is 7. The summed E-state index contributed by atoms with van der Waals surface area (Å²) in [6.45, 7) is 5.80. The molecular weight excluding hydrogens is 466 g/mol. The molecule has 0 unspecified atom stereocenters. The third-order valence-corrected chi connectivity index (χ3v) is 4.22. The summed E-state index contributed by atoms with van der Waals surface area (Å²) >= 11 is 3.34. The number of hydrogen-bond acceptors (Lipinski definition) is 6. The van der Waals surface area contributed by atoms with Gasteiger partial charge in [0.05, 0.1) is 17.7 Å². The van der Waals surface area contributed by atoms with Crippen molar-refractivity contribution in [2.75, 3.05) is 24.8 Å². The Bertz CT molecular complexity index is 963. The number of hydrazone groups is 1. The molecule has 166 valence electrons. The van der Waals surface area contributed by atoms with Gasteiger partial charge in [-0.15, -0.1) is 0 Å². The molecule has 0 fully saturated rings. The number of halogens is 1. The lowest BCUT2D eigenvalue weighted by atomic mass is 10.1. The summed E-state index contributed by atoms with van der Waals surface area (Å²) in [5.74, 6) is 0.596. The fourth-order valence-corrected chi connectivity index (χ4v) is 3.06. The number of anilines is 2. The maximum absolute atomic E-state index is 12.3. The molecule has 31 heavy (non-hydrogen) atoms. The highest BCUT2D eigenvalue weighted by Gasteiger charge is 2.14. The molecule has 2 rings (SSSR count). The molecule has 0 radical (unpaired) electrons. The fourth-order valence-electron chi connectivity index (χ4n) is 2.52. The number of ether oxygens (including phenoxy) is 1. The third kappa shape index (κ3) is 7.41. The highest BCUT2D eigenvalue weighted by atomic mass is 79.9. The van der Waals surface area contributed by atoms with E-state index in [1.165, 1.54) is 18.2 Å². The van der Waals surface area contributed by atoms with Crippen molar-refractivity contribution < 1.29 is 14.5 Å². The lowest BCUT2D eigenvalue weighted by Gasteiger charge is -2.20. The fraction of sp³-hybridized carbons (Fsp3) is 0.238. The van der Waals surface area contributed by atoms with Gasteiger partial charge in [-0.25, -0.2) is 4.79 Å². The van der Waals surface area contributed by atoms with Crippen LogP contribution in [0.5, 0.6) is 5.75 Å². The minimum atomic E-state index is -0.536. The van der Waals surface area contributed by atoms with Crippen molar-refractivity contribution in [3.63, 3.8) is 0 Å². The predicted octanol–water partition coefficient (Wildman–Crippen LogP) is 5.90. The number of nitro benzene ring substituents is 1. The Hall–Kier alpha value is -3.40. The number of carbonyl (C=O) groups excluding carboxylic acids is 1. The van der Waals surface area contributed by atoms with Gasteiger partial charge in [-0.3, -0.25) is 15.1 Å². The number of urea groups is 1. The number of nitrogens with one attached hydrogen (secondary N) is 2. The van der Waals surface area contributed by atoms with Crippen LogP contribution in [0.3, 0.4) is 0 Å². The third-order valence-electron chi connectivity index (χ3n) is 3.79. The molecule has 9 nitrogen and oxygen atoms in total. The minimum absolute atomic E-state index is 0.110. The van der Waals surface area contributed by atoms with Crippen LogP contribution in [-0.4, -0.2) is 36.3 Å². The first-order chi connectivity index (χ1) is 14.9. The Kier molecular flexibility index (Phi) is 10.8. The normalized spacial score (nSPS) is 10.7. The van der Waals surface area contributed by atoms with E-state index in [0.717, 1.165) is 0 Å². The summed E-state index contributed by atoms with van der Waals surface area (Å²) in [6.07, 6.45) is 1.65. The zero-order chi connectivity index (χ0) is 23.4. The maximum Gasteiger partial charge on any atom is 0.323 e. The van der Waals surface area contributed by atoms with Gasteiger partial charge in [-0.05, 0) is 31.2 Å². The van der Waals surface area contributed by atoms with Crippen LogP contribution in [-0.2, 0) is 0 Å². The van der Waals surface area contributed by atoms with Crippen LogP contribution in [0.15, 0.2) is 52.6 Å². The van der Waals surface area contributed by atoms with E-state index in [-0.39, 0.29) is 5.69 Å². The molecule has 0 atom stereocenters. The standard InChI is InChI=1S/C19H20BrN5O4.C2H6/c1-4-21-24(2)17(12-20)16-11-14(8-9-18(16)29-3)23-19(26)22-13-6-5-7-15(10-13)25(27)28;1-2/h4-12H,1-3H3,(H2,22,23,26);1-2H3/b17-12+,21-4-;. The van der Waals surface area contributed by atoms with Crippen molar-refractivity contribution in [2.24, 2.45) is 5.10 Å². The van der Waals surface area contributed by atoms with Gasteiger partial charge in [0.2, 0.25) is 0 Å². The van der Waals surface area contributed by atoms with Gasteiger partial charge >= 0.3 is 6.03 Å². The first-order valence-corrected chi connectivity index (χ1v) is 10.3. The van der Waals surface area contributed by atoms with E-state index in [4.69, 9.17) is 4.74 Å². The molecular formula is C21H26BrN5O4. The van der Waals surface area contributed by atoms with Crippen molar-refractivity contribution in [2.45, 2.75) is 20.8 Å². The number of non-ortho nitro benzene ring substituents is 1. The van der Waals surface area contributed by atoms with E-state index >= 15 is 0 Å². The van der Waals surface area contributed by atoms with Crippen LogP contribution in [0.4, 0.5) is 21.9 Å². The average molecular weight is 492 g/mol. The van der Waals surface area contributed by atoms with E-state index in [1.807, 2.05) is 13.8 Å². The zero-order valence-corrected chi connectivity index (χ0v) is 19.6. The van der Waals surface area contributed by atoms with Crippen molar-refractivity contribution in [1.29, 1.82) is 0 Å². The lowest BCUT2D eigenvalue weighted by Crippen LogP contribution is -2.19. The molecule has 0 bridgehead atoms. The quantitative estimate of drug-likeness (QED) is 0.284. The van der Waals surface area contributed by atoms with Crippen molar-refractivity contribution in [3.05, 3.63) is 63.1 Å². The molecule has 0 heterocycles. The van der Waals surface area contributed by atoms with Gasteiger partial charge in [-0.2, -0.15) is 5.10 Å². The number of benzene rings is 2. The number of carbonyl (C=O) groups is 1. The van der Waals surface area contributed by atoms with Crippen molar-refractivity contribution >= 4 is 50.9 Å². The predicted molar refractivity (Wildman–Crippen MR) is 129 cm³/mol. The largest absolute Gasteiger partial charge is 0.496 e. The van der Waals surface area contributed by atoms with E-state index in [1.54, 1.807) is 61.6 Å². The number of methoxy groups -OCH3 is 1. The summed E-state index contributed by atoms with van der Waals surface area (Å²) in [7, 11) is 3.33. The molecule has 0 spiro atoms. The summed E-state index contributed by atoms with van der Waals surface area (Å²) in [5, 5.41) is 22.0. The Morgan fingerprint density at radius 2 is 1.84 bits per heavy atom. The molecule has 2 aromatic carbocycles. The van der Waals surface area contributed by atoms with E-state index < -0.39 is 11.0 Å². The van der Waals surface area contributed by atoms with Gasteiger partial charge < -0.3 is 15.4 Å². The second kappa shape index (κ2) is 13.0. The first-order valence-electron chi connectivity index (χ1n) is 9.43. The smallest absolute Gasteiger partial charge is 0.323 e. The average Bonchev–Trinajstić information content (AvgIpc) is 2.76. The highest BCUT2D eigenvalue weighted by Crippen LogP contribution is 2.31. The van der Waals surface area contributed by atoms with Crippen molar-refractivity contribution in [1.82, 2.24) is 5.01 Å². The SMILES string of the molecule is C/C=N\N(C)/C(=C/Br)c1cc(NC(=O)Nc2cccc([N+](=O)[O-])c2)ccc1OC.CC. The molecule has 0 saturated carbocycles. The van der Waals surface area contributed by atoms with Crippen LogP contribution in [0, 0.1) is 10.1 Å². The topological polar surface area (TPSA) is 109 Å². The molecule has 2 amide bonds. The van der Waals surface area contributed by atoms with Gasteiger partial charge in [-0.1, -0.05) is 35.8 Å². The monoisotopic (exact) mass is 491 g/mol. The van der Waals surface area contributed by atoms with Crippen LogP contribution in [0.1, 0.15) is 26.3 Å². The Morgan fingerprint density at radius 1 is 1.19 bits per heavy atom.